The van der Waals surface area contributed by atoms with Crippen LogP contribution in [0.4, 0.5) is 0 Å². The Morgan fingerprint density at radius 3 is 2.59 bits per heavy atom. The first-order chi connectivity index (χ1) is 16.4. The molecule has 0 radical (unpaired) electrons. The van der Waals surface area contributed by atoms with Gasteiger partial charge in [0.1, 0.15) is 12.4 Å². The highest BCUT2D eigenvalue weighted by Gasteiger charge is 2.33. The van der Waals surface area contributed by atoms with E-state index in [1.807, 2.05) is 59.5 Å². The van der Waals surface area contributed by atoms with E-state index >= 15 is 0 Å². The highest BCUT2D eigenvalue weighted by molar-refractivity contribution is 7.10. The second-order valence-electron chi connectivity index (χ2n) is 9.23. The zero-order valence-corrected chi connectivity index (χ0v) is 21.0. The molecule has 4 rings (SSSR count). The Balaban J connectivity index is 1.47. The van der Waals surface area contributed by atoms with E-state index in [1.54, 1.807) is 11.3 Å². The SMILES string of the molecule is Cc1ccc(OCC2c3ccsc3CCN2C(=O)CN(CC(O)c2ccccc2)C(C)C)cc1. The third-order valence-electron chi connectivity index (χ3n) is 6.50. The van der Waals surface area contributed by atoms with Crippen molar-refractivity contribution in [3.63, 3.8) is 0 Å². The van der Waals surface area contributed by atoms with Crippen molar-refractivity contribution in [2.75, 3.05) is 26.2 Å². The number of benzene rings is 2. The van der Waals surface area contributed by atoms with Crippen molar-refractivity contribution >= 4 is 17.2 Å². The molecular formula is C28H34N2O3S. The van der Waals surface area contributed by atoms with Crippen LogP contribution in [0.15, 0.2) is 66.0 Å². The number of aliphatic hydroxyl groups is 1. The van der Waals surface area contributed by atoms with E-state index in [-0.39, 0.29) is 24.5 Å². The van der Waals surface area contributed by atoms with Crippen molar-refractivity contribution < 1.29 is 14.6 Å². The Labute approximate surface area is 206 Å². The molecule has 1 amide bonds. The van der Waals surface area contributed by atoms with E-state index in [2.05, 4.69) is 37.1 Å². The van der Waals surface area contributed by atoms with E-state index in [4.69, 9.17) is 4.74 Å². The molecule has 2 atom stereocenters. The van der Waals surface area contributed by atoms with Crippen LogP contribution < -0.4 is 4.74 Å². The number of aryl methyl sites for hydroxylation is 1. The van der Waals surface area contributed by atoms with E-state index in [1.165, 1.54) is 16.0 Å². The Hall–Kier alpha value is -2.67. The number of fused-ring (bicyclic) bond motifs is 1. The summed E-state index contributed by atoms with van der Waals surface area (Å²) in [6, 6.07) is 19.8. The molecule has 1 aliphatic rings. The molecule has 5 nitrogen and oxygen atoms in total. The zero-order chi connectivity index (χ0) is 24.1. The third-order valence-corrected chi connectivity index (χ3v) is 7.50. The summed E-state index contributed by atoms with van der Waals surface area (Å²) in [6.45, 7) is 7.97. The molecule has 34 heavy (non-hydrogen) atoms. The lowest BCUT2D eigenvalue weighted by atomic mass is 10.00. The number of rotatable bonds is 9. The fourth-order valence-electron chi connectivity index (χ4n) is 4.41. The maximum Gasteiger partial charge on any atom is 0.237 e. The van der Waals surface area contributed by atoms with Crippen LogP contribution >= 0.6 is 11.3 Å². The van der Waals surface area contributed by atoms with Crippen molar-refractivity contribution in [3.8, 4) is 5.75 Å². The molecule has 0 fully saturated rings. The normalized spacial score (nSPS) is 16.5. The molecule has 6 heteroatoms. The molecule has 2 unspecified atom stereocenters. The van der Waals surface area contributed by atoms with Gasteiger partial charge in [-0.2, -0.15) is 0 Å². The van der Waals surface area contributed by atoms with Crippen molar-refractivity contribution in [2.24, 2.45) is 0 Å². The Morgan fingerprint density at radius 2 is 1.88 bits per heavy atom. The Kier molecular flexibility index (Phi) is 8.03. The minimum absolute atomic E-state index is 0.0725. The smallest absolute Gasteiger partial charge is 0.237 e. The van der Waals surface area contributed by atoms with Gasteiger partial charge in [0.2, 0.25) is 5.91 Å². The van der Waals surface area contributed by atoms with E-state index in [0.29, 0.717) is 19.7 Å². The van der Waals surface area contributed by atoms with Crippen molar-refractivity contribution in [1.82, 2.24) is 9.80 Å². The van der Waals surface area contributed by atoms with Gasteiger partial charge in [0.05, 0.1) is 18.7 Å². The van der Waals surface area contributed by atoms with Crippen LogP contribution in [0.1, 0.15) is 47.6 Å². The molecule has 1 N–H and O–H groups in total. The van der Waals surface area contributed by atoms with Gasteiger partial charge in [-0.3, -0.25) is 9.69 Å². The quantitative estimate of drug-likeness (QED) is 0.470. The van der Waals surface area contributed by atoms with Crippen LogP contribution in [0.5, 0.6) is 5.75 Å². The Bertz CT molecular complexity index is 1060. The molecule has 3 aromatic rings. The summed E-state index contributed by atoms with van der Waals surface area (Å²) in [4.78, 5) is 18.9. The first kappa shape index (κ1) is 24.5. The number of thiophene rings is 1. The standard InChI is InChI=1S/C28H34N2O3S/c1-20(2)29(17-26(31)22-7-5-4-6-8-22)18-28(32)30-15-13-27-24(14-16-34-27)25(30)19-33-23-11-9-21(3)10-12-23/h4-12,14,16,20,25-26,31H,13,15,17-19H2,1-3H3. The number of hydrogen-bond donors (Lipinski definition) is 1. The molecule has 0 saturated heterocycles. The summed E-state index contributed by atoms with van der Waals surface area (Å²) in [5, 5.41) is 12.9. The van der Waals surface area contributed by atoms with Gasteiger partial charge < -0.3 is 14.7 Å². The lowest BCUT2D eigenvalue weighted by Crippen LogP contribution is -2.48. The predicted molar refractivity (Wildman–Crippen MR) is 137 cm³/mol. The number of hydrogen-bond acceptors (Lipinski definition) is 5. The average Bonchev–Trinajstić information content (AvgIpc) is 3.32. The summed E-state index contributed by atoms with van der Waals surface area (Å²) < 4.78 is 6.14. The van der Waals surface area contributed by atoms with Gasteiger partial charge in [0, 0.05) is 24.0 Å². The molecule has 180 valence electrons. The first-order valence-electron chi connectivity index (χ1n) is 11.9. The molecule has 1 aliphatic heterocycles. The number of aliphatic hydroxyl groups excluding tert-OH is 1. The topological polar surface area (TPSA) is 53.0 Å². The number of carbonyl (C=O) groups is 1. The van der Waals surface area contributed by atoms with Crippen LogP contribution in [0, 0.1) is 6.92 Å². The number of ether oxygens (including phenoxy) is 1. The fourth-order valence-corrected chi connectivity index (χ4v) is 5.34. The van der Waals surface area contributed by atoms with Crippen molar-refractivity contribution in [2.45, 2.75) is 45.4 Å². The average molecular weight is 479 g/mol. The number of amides is 1. The zero-order valence-electron chi connectivity index (χ0n) is 20.2. The molecule has 1 aromatic heterocycles. The monoisotopic (exact) mass is 478 g/mol. The maximum absolute atomic E-state index is 13.6. The minimum atomic E-state index is -0.637. The van der Waals surface area contributed by atoms with Crippen LogP contribution in [0.3, 0.4) is 0 Å². The van der Waals surface area contributed by atoms with Gasteiger partial charge >= 0.3 is 0 Å². The van der Waals surface area contributed by atoms with Crippen molar-refractivity contribution in [1.29, 1.82) is 0 Å². The molecule has 0 saturated carbocycles. The number of nitrogens with zero attached hydrogens (tertiary/aromatic N) is 2. The van der Waals surface area contributed by atoms with E-state index in [0.717, 1.165) is 17.7 Å². The van der Waals surface area contributed by atoms with Crippen LogP contribution in [-0.2, 0) is 11.2 Å². The first-order valence-corrected chi connectivity index (χ1v) is 12.8. The molecule has 0 bridgehead atoms. The molecule has 0 spiro atoms. The number of carbonyl (C=O) groups excluding carboxylic acids is 1. The van der Waals surface area contributed by atoms with Crippen LogP contribution in [0.2, 0.25) is 0 Å². The van der Waals surface area contributed by atoms with Gasteiger partial charge in [-0.15, -0.1) is 11.3 Å². The Morgan fingerprint density at radius 1 is 1.15 bits per heavy atom. The fraction of sp³-hybridized carbons (Fsp3) is 0.393. The van der Waals surface area contributed by atoms with E-state index in [9.17, 15) is 9.90 Å². The van der Waals surface area contributed by atoms with Crippen LogP contribution in [0.25, 0.3) is 0 Å². The lowest BCUT2D eigenvalue weighted by Gasteiger charge is -2.38. The van der Waals surface area contributed by atoms with Gasteiger partial charge in [-0.1, -0.05) is 48.0 Å². The lowest BCUT2D eigenvalue weighted by molar-refractivity contribution is -0.137. The third kappa shape index (κ3) is 5.87. The van der Waals surface area contributed by atoms with Crippen LogP contribution in [-0.4, -0.2) is 53.1 Å². The summed E-state index contributed by atoms with van der Waals surface area (Å²) in [7, 11) is 0. The van der Waals surface area contributed by atoms with Gasteiger partial charge in [0.15, 0.2) is 0 Å². The predicted octanol–water partition coefficient (Wildman–Crippen LogP) is 5.01. The molecule has 2 heterocycles. The summed E-state index contributed by atoms with van der Waals surface area (Å²) >= 11 is 1.75. The molecule has 0 aliphatic carbocycles. The second kappa shape index (κ2) is 11.2. The van der Waals surface area contributed by atoms with Gasteiger partial charge in [0.25, 0.3) is 0 Å². The van der Waals surface area contributed by atoms with Crippen molar-refractivity contribution in [3.05, 3.63) is 87.6 Å². The largest absolute Gasteiger partial charge is 0.491 e. The highest BCUT2D eigenvalue weighted by Crippen LogP contribution is 2.34. The second-order valence-corrected chi connectivity index (χ2v) is 10.2. The minimum Gasteiger partial charge on any atom is -0.491 e. The summed E-state index contributed by atoms with van der Waals surface area (Å²) in [6.07, 6.45) is 0.232. The summed E-state index contributed by atoms with van der Waals surface area (Å²) in [5.74, 6) is 0.887. The van der Waals surface area contributed by atoms with Gasteiger partial charge in [-0.05, 0) is 61.9 Å². The highest BCUT2D eigenvalue weighted by atomic mass is 32.1. The summed E-state index contributed by atoms with van der Waals surface area (Å²) in [5.41, 5.74) is 3.25. The molecule has 2 aromatic carbocycles. The van der Waals surface area contributed by atoms with Gasteiger partial charge in [-0.25, -0.2) is 0 Å². The van der Waals surface area contributed by atoms with E-state index < -0.39 is 6.10 Å². The maximum atomic E-state index is 13.6. The molecular weight excluding hydrogens is 444 g/mol.